The zero-order valence-corrected chi connectivity index (χ0v) is 23.7. The number of alkyl carbamates (subject to hydrolysis) is 2. The lowest BCUT2D eigenvalue weighted by Crippen LogP contribution is -2.54. The van der Waals surface area contributed by atoms with Crippen LogP contribution in [0.2, 0.25) is 0 Å². The van der Waals surface area contributed by atoms with Crippen molar-refractivity contribution in [2.45, 2.75) is 89.9 Å². The van der Waals surface area contributed by atoms with Gasteiger partial charge in [0.05, 0.1) is 24.3 Å². The summed E-state index contributed by atoms with van der Waals surface area (Å²) in [5, 5.41) is 26.9. The fourth-order valence-electron chi connectivity index (χ4n) is 3.40. The van der Waals surface area contributed by atoms with Gasteiger partial charge in [-0.3, -0.25) is 0 Å². The van der Waals surface area contributed by atoms with Crippen LogP contribution in [0.25, 0.3) is 0 Å². The number of nitrogens with one attached hydrogen (secondary N) is 4. The van der Waals surface area contributed by atoms with Crippen LogP contribution in [0.15, 0.2) is 0 Å². The monoisotopic (exact) mass is 550 g/mol. The number of carbonyl (C=O) groups excluding carboxylic acids is 2. The highest BCUT2D eigenvalue weighted by atomic mass is 16.6. The van der Waals surface area contributed by atoms with Crippen molar-refractivity contribution >= 4 is 24.1 Å². The maximum absolute atomic E-state index is 11.6. The fraction of sp³-hybridized carbons (Fsp3) is 0.833. The summed E-state index contributed by atoms with van der Waals surface area (Å²) in [4.78, 5) is 41.4. The second kappa shape index (κ2) is 17.0. The number of hydrogen-bond acceptors (Lipinski definition) is 10. The number of carboxylic acids is 2. The Morgan fingerprint density at radius 1 is 0.684 bits per heavy atom. The van der Waals surface area contributed by atoms with Crippen molar-refractivity contribution in [3.63, 3.8) is 0 Å². The summed E-state index contributed by atoms with van der Waals surface area (Å²) in [6, 6.07) is 0.0576. The van der Waals surface area contributed by atoms with Crippen LogP contribution in [0.3, 0.4) is 0 Å². The largest absolute Gasteiger partial charge is 0.473 e. The lowest BCUT2D eigenvalue weighted by molar-refractivity contribution is -0.159. The van der Waals surface area contributed by atoms with Crippen LogP contribution in [0, 0.1) is 0 Å². The Bertz CT molecular complexity index is 689. The van der Waals surface area contributed by atoms with Crippen LogP contribution >= 0.6 is 0 Å². The molecule has 2 saturated heterocycles. The van der Waals surface area contributed by atoms with Gasteiger partial charge in [0.2, 0.25) is 0 Å². The molecule has 6 N–H and O–H groups in total. The van der Waals surface area contributed by atoms with Gasteiger partial charge in [-0.25, -0.2) is 19.2 Å². The van der Waals surface area contributed by atoms with Crippen molar-refractivity contribution in [2.24, 2.45) is 0 Å². The third-order valence-electron chi connectivity index (χ3n) is 5.05. The maximum Gasteiger partial charge on any atom is 0.414 e. The zero-order chi connectivity index (χ0) is 29.5. The van der Waals surface area contributed by atoms with Crippen LogP contribution in [0.4, 0.5) is 9.59 Å². The molecule has 0 aromatic rings. The summed E-state index contributed by atoms with van der Waals surface area (Å²) in [6.07, 6.45) is 1.00. The maximum atomic E-state index is 11.6. The number of carbonyl (C=O) groups is 4. The van der Waals surface area contributed by atoms with Crippen LogP contribution in [-0.2, 0) is 28.5 Å². The van der Waals surface area contributed by atoms with E-state index in [-0.39, 0.29) is 36.5 Å². The van der Waals surface area contributed by atoms with E-state index in [4.69, 9.17) is 38.7 Å². The van der Waals surface area contributed by atoms with E-state index in [0.717, 1.165) is 39.0 Å². The first-order valence-corrected chi connectivity index (χ1v) is 12.4. The van der Waals surface area contributed by atoms with E-state index in [0.29, 0.717) is 0 Å². The number of ether oxygens (including phenoxy) is 4. The minimum atomic E-state index is -1.82. The molecule has 2 rings (SSSR count). The van der Waals surface area contributed by atoms with Gasteiger partial charge in [-0.2, -0.15) is 0 Å². The summed E-state index contributed by atoms with van der Waals surface area (Å²) in [7, 11) is 3.31. The molecule has 0 aliphatic carbocycles. The molecule has 0 bridgehead atoms. The highest BCUT2D eigenvalue weighted by Crippen LogP contribution is 2.12. The van der Waals surface area contributed by atoms with Gasteiger partial charge in [-0.15, -0.1) is 0 Å². The van der Waals surface area contributed by atoms with Crippen LogP contribution in [0.5, 0.6) is 0 Å². The Morgan fingerprint density at radius 3 is 1.24 bits per heavy atom. The molecule has 2 heterocycles. The van der Waals surface area contributed by atoms with E-state index in [1.165, 1.54) is 0 Å². The first kappa shape index (κ1) is 35.3. The number of carboxylic acid groups (broad SMARTS) is 2. The molecule has 4 atom stereocenters. The molecule has 2 amide bonds. The fourth-order valence-corrected chi connectivity index (χ4v) is 3.40. The molecule has 0 unspecified atom stereocenters. The molecule has 0 radical (unpaired) electrons. The van der Waals surface area contributed by atoms with Gasteiger partial charge < -0.3 is 50.4 Å². The van der Waals surface area contributed by atoms with Crippen LogP contribution in [-0.4, -0.2) is 110 Å². The predicted octanol–water partition coefficient (Wildman–Crippen LogP) is 0.932. The molecule has 222 valence electrons. The number of methoxy groups -OCH3 is 2. The van der Waals surface area contributed by atoms with Gasteiger partial charge in [0.15, 0.2) is 0 Å². The van der Waals surface area contributed by atoms with Crippen molar-refractivity contribution < 1.29 is 48.3 Å². The normalized spacial score (nSPS) is 23.3. The Balaban J connectivity index is 0.000000596. The summed E-state index contributed by atoms with van der Waals surface area (Å²) in [6.45, 7) is 14.4. The van der Waals surface area contributed by atoms with Gasteiger partial charge in [-0.1, -0.05) is 0 Å². The quantitative estimate of drug-likeness (QED) is 0.272. The van der Waals surface area contributed by atoms with E-state index in [1.807, 2.05) is 41.5 Å². The molecule has 2 aliphatic rings. The summed E-state index contributed by atoms with van der Waals surface area (Å²) < 4.78 is 21.0. The number of amides is 2. The highest BCUT2D eigenvalue weighted by Gasteiger charge is 2.29. The first-order chi connectivity index (χ1) is 17.5. The third kappa shape index (κ3) is 16.9. The van der Waals surface area contributed by atoms with Crippen molar-refractivity contribution in [1.29, 1.82) is 0 Å². The standard InChI is InChI=1S/2C11H22N2O3.C2H2O4/c2*1-11(2,3)16-10(14)13-8-5-6-12-7-9(8)15-4;3-1(4)2(5)6/h2*8-9,12H,5-7H2,1-4H3,(H,13,14);(H,3,4)(H,5,6)/t2*8-,9-;/m11./s1. The average molecular weight is 551 g/mol. The molecular formula is C24H46N4O10. The number of hydrogen-bond donors (Lipinski definition) is 6. The topological polar surface area (TPSA) is 194 Å². The van der Waals surface area contributed by atoms with E-state index in [9.17, 15) is 9.59 Å². The molecule has 0 aromatic heterocycles. The SMILES string of the molecule is CO[C@@H]1CNCC[C@H]1NC(=O)OC(C)(C)C.CO[C@@H]1CNCC[C@H]1NC(=O)OC(C)(C)C.O=C(O)C(=O)O. The zero-order valence-electron chi connectivity index (χ0n) is 23.7. The van der Waals surface area contributed by atoms with Crippen LogP contribution in [0.1, 0.15) is 54.4 Å². The molecule has 2 aliphatic heterocycles. The van der Waals surface area contributed by atoms with E-state index >= 15 is 0 Å². The second-order valence-electron chi connectivity index (χ2n) is 10.6. The van der Waals surface area contributed by atoms with E-state index in [1.54, 1.807) is 14.2 Å². The van der Waals surface area contributed by atoms with Crippen LogP contribution < -0.4 is 21.3 Å². The second-order valence-corrected chi connectivity index (χ2v) is 10.6. The van der Waals surface area contributed by atoms with Crippen molar-refractivity contribution in [3.05, 3.63) is 0 Å². The average Bonchev–Trinajstić information content (AvgIpc) is 2.78. The van der Waals surface area contributed by atoms with E-state index < -0.39 is 23.1 Å². The molecule has 0 aromatic carbocycles. The number of rotatable bonds is 4. The summed E-state index contributed by atoms with van der Waals surface area (Å²) in [5.74, 6) is -3.65. The predicted molar refractivity (Wildman–Crippen MR) is 138 cm³/mol. The van der Waals surface area contributed by atoms with Gasteiger partial charge in [0.25, 0.3) is 0 Å². The van der Waals surface area contributed by atoms with Crippen molar-refractivity contribution in [1.82, 2.24) is 21.3 Å². The minimum Gasteiger partial charge on any atom is -0.473 e. The van der Waals surface area contributed by atoms with Gasteiger partial charge in [0.1, 0.15) is 11.2 Å². The number of piperidine rings is 2. The van der Waals surface area contributed by atoms with Crippen molar-refractivity contribution in [3.8, 4) is 0 Å². The van der Waals surface area contributed by atoms with Gasteiger partial charge >= 0.3 is 24.1 Å². The molecule has 14 heteroatoms. The highest BCUT2D eigenvalue weighted by molar-refractivity contribution is 6.27. The molecule has 0 saturated carbocycles. The van der Waals surface area contributed by atoms with Gasteiger partial charge in [0, 0.05) is 27.3 Å². The molecule has 14 nitrogen and oxygen atoms in total. The van der Waals surface area contributed by atoms with E-state index in [2.05, 4.69) is 21.3 Å². The Kier molecular flexibility index (Phi) is 15.8. The lowest BCUT2D eigenvalue weighted by Gasteiger charge is -2.32. The Hall–Kier alpha value is -2.68. The Labute approximate surface area is 224 Å². The lowest BCUT2D eigenvalue weighted by atomic mass is 10.0. The van der Waals surface area contributed by atoms with Crippen molar-refractivity contribution in [2.75, 3.05) is 40.4 Å². The smallest absolute Gasteiger partial charge is 0.414 e. The molecule has 2 fully saturated rings. The molecule has 0 spiro atoms. The Morgan fingerprint density at radius 2 is 1.00 bits per heavy atom. The van der Waals surface area contributed by atoms with Gasteiger partial charge in [-0.05, 0) is 67.5 Å². The molecule has 38 heavy (non-hydrogen) atoms. The molecular weight excluding hydrogens is 504 g/mol. The number of aliphatic carboxylic acids is 2. The third-order valence-corrected chi connectivity index (χ3v) is 5.05. The summed E-state index contributed by atoms with van der Waals surface area (Å²) in [5.41, 5.74) is -0.918. The summed E-state index contributed by atoms with van der Waals surface area (Å²) >= 11 is 0. The first-order valence-electron chi connectivity index (χ1n) is 12.4. The minimum absolute atomic E-state index is 0.0151.